The van der Waals surface area contributed by atoms with Crippen LogP contribution < -0.4 is 15.4 Å². The lowest BCUT2D eigenvalue weighted by molar-refractivity contribution is 0.0897. The van der Waals surface area contributed by atoms with Gasteiger partial charge in [0.15, 0.2) is 0 Å². The zero-order valence-electron chi connectivity index (χ0n) is 15.2. The molecule has 0 saturated carbocycles. The predicted molar refractivity (Wildman–Crippen MR) is 102 cm³/mol. The maximum atomic E-state index is 13.7. The number of carbonyl (C=O) groups is 2. The van der Waals surface area contributed by atoms with Gasteiger partial charge in [-0.1, -0.05) is 28.9 Å². The Balaban J connectivity index is 1.53. The van der Waals surface area contributed by atoms with Crippen LogP contribution in [0.25, 0.3) is 11.4 Å². The molecule has 0 aliphatic heterocycles. The molecule has 2 aromatic carbocycles. The van der Waals surface area contributed by atoms with Gasteiger partial charge < -0.3 is 19.9 Å². The average Bonchev–Trinajstić information content (AvgIpc) is 3.21. The van der Waals surface area contributed by atoms with E-state index in [2.05, 4.69) is 20.8 Å². The Kier molecular flexibility index (Phi) is 6.40. The van der Waals surface area contributed by atoms with Crippen molar-refractivity contribution in [2.75, 3.05) is 20.2 Å². The van der Waals surface area contributed by atoms with Crippen molar-refractivity contribution >= 4 is 23.4 Å². The SMILES string of the molecule is COc1ccc(Cl)cc1C(=O)NCCNC(=O)c1nc(-c2ccccc2F)no1. The van der Waals surface area contributed by atoms with E-state index in [4.69, 9.17) is 20.9 Å². The third-order valence-corrected chi connectivity index (χ3v) is 4.07. The number of ether oxygens (including phenoxy) is 1. The van der Waals surface area contributed by atoms with Crippen LogP contribution in [0.15, 0.2) is 47.0 Å². The molecule has 1 heterocycles. The van der Waals surface area contributed by atoms with Gasteiger partial charge in [0.25, 0.3) is 5.91 Å². The van der Waals surface area contributed by atoms with Crippen molar-refractivity contribution in [3.8, 4) is 17.1 Å². The van der Waals surface area contributed by atoms with E-state index in [0.717, 1.165) is 0 Å². The first-order valence-corrected chi connectivity index (χ1v) is 8.86. The van der Waals surface area contributed by atoms with Crippen LogP contribution in [-0.4, -0.2) is 42.2 Å². The zero-order chi connectivity index (χ0) is 20.8. The molecule has 0 aliphatic carbocycles. The molecule has 0 saturated heterocycles. The molecule has 150 valence electrons. The van der Waals surface area contributed by atoms with Crippen LogP contribution in [0.2, 0.25) is 5.02 Å². The highest BCUT2D eigenvalue weighted by atomic mass is 35.5. The minimum absolute atomic E-state index is 0.0328. The van der Waals surface area contributed by atoms with Crippen molar-refractivity contribution in [2.45, 2.75) is 0 Å². The van der Waals surface area contributed by atoms with Gasteiger partial charge in [-0.05, 0) is 30.3 Å². The molecule has 8 nitrogen and oxygen atoms in total. The monoisotopic (exact) mass is 418 g/mol. The molecule has 0 atom stereocenters. The molecule has 0 spiro atoms. The van der Waals surface area contributed by atoms with E-state index < -0.39 is 17.6 Å². The Morgan fingerprint density at radius 1 is 1.14 bits per heavy atom. The van der Waals surface area contributed by atoms with Crippen LogP contribution in [-0.2, 0) is 0 Å². The van der Waals surface area contributed by atoms with Gasteiger partial charge in [-0.25, -0.2) is 4.39 Å². The number of nitrogens with one attached hydrogen (secondary N) is 2. The summed E-state index contributed by atoms with van der Waals surface area (Å²) in [5, 5.41) is 9.17. The topological polar surface area (TPSA) is 106 Å². The molecular weight excluding hydrogens is 403 g/mol. The first kappa shape index (κ1) is 20.3. The first-order valence-electron chi connectivity index (χ1n) is 8.48. The van der Waals surface area contributed by atoms with E-state index in [9.17, 15) is 14.0 Å². The summed E-state index contributed by atoms with van der Waals surface area (Å²) in [6, 6.07) is 10.5. The van der Waals surface area contributed by atoms with Crippen molar-refractivity contribution in [3.05, 3.63) is 64.8 Å². The summed E-state index contributed by atoms with van der Waals surface area (Å²) in [6.07, 6.45) is 0. The summed E-state index contributed by atoms with van der Waals surface area (Å²) >= 11 is 5.91. The Morgan fingerprint density at radius 2 is 1.86 bits per heavy atom. The smallest absolute Gasteiger partial charge is 0.316 e. The Labute approximate surface area is 170 Å². The minimum Gasteiger partial charge on any atom is -0.496 e. The molecule has 0 bridgehead atoms. The molecule has 2 amide bonds. The Bertz CT molecular complexity index is 1040. The number of methoxy groups -OCH3 is 1. The molecule has 0 unspecified atom stereocenters. The molecule has 3 rings (SSSR count). The molecule has 10 heteroatoms. The minimum atomic E-state index is -0.644. The van der Waals surface area contributed by atoms with Crippen LogP contribution in [0.4, 0.5) is 4.39 Å². The number of nitrogens with zero attached hydrogens (tertiary/aromatic N) is 2. The number of amides is 2. The number of halogens is 2. The number of hydrogen-bond acceptors (Lipinski definition) is 6. The van der Waals surface area contributed by atoms with E-state index in [-0.39, 0.29) is 35.9 Å². The molecule has 2 N–H and O–H groups in total. The van der Waals surface area contributed by atoms with Crippen LogP contribution in [0.3, 0.4) is 0 Å². The average molecular weight is 419 g/mol. The molecule has 0 fully saturated rings. The third kappa shape index (κ3) is 4.88. The maximum absolute atomic E-state index is 13.7. The fraction of sp³-hybridized carbons (Fsp3) is 0.158. The Morgan fingerprint density at radius 3 is 2.59 bits per heavy atom. The number of aromatic nitrogens is 2. The zero-order valence-corrected chi connectivity index (χ0v) is 16.0. The molecule has 0 radical (unpaired) electrons. The van der Waals surface area contributed by atoms with Crippen molar-refractivity contribution in [1.82, 2.24) is 20.8 Å². The predicted octanol–water partition coefficient (Wildman–Crippen LogP) is 2.70. The number of rotatable bonds is 7. The standard InChI is InChI=1S/C19H16ClFN4O4/c1-28-15-7-6-11(20)10-13(15)17(26)22-8-9-23-18(27)19-24-16(25-29-19)12-4-2-3-5-14(12)21/h2-7,10H,8-9H2,1H3,(H,22,26)(H,23,27). The second-order valence-electron chi connectivity index (χ2n) is 5.76. The number of benzene rings is 2. The number of hydrogen-bond donors (Lipinski definition) is 2. The van der Waals surface area contributed by atoms with Crippen LogP contribution in [0, 0.1) is 5.82 Å². The van der Waals surface area contributed by atoms with Crippen molar-refractivity contribution in [3.63, 3.8) is 0 Å². The van der Waals surface area contributed by atoms with Gasteiger partial charge >= 0.3 is 11.8 Å². The highest BCUT2D eigenvalue weighted by Crippen LogP contribution is 2.22. The lowest BCUT2D eigenvalue weighted by Gasteiger charge is -2.09. The van der Waals surface area contributed by atoms with Gasteiger partial charge in [0.05, 0.1) is 18.2 Å². The molecule has 3 aromatic rings. The van der Waals surface area contributed by atoms with Crippen molar-refractivity contribution in [2.24, 2.45) is 0 Å². The molecule has 0 aliphatic rings. The van der Waals surface area contributed by atoms with Crippen LogP contribution >= 0.6 is 11.6 Å². The lowest BCUT2D eigenvalue weighted by atomic mass is 10.2. The van der Waals surface area contributed by atoms with E-state index in [1.807, 2.05) is 0 Å². The summed E-state index contributed by atoms with van der Waals surface area (Å²) < 4.78 is 23.7. The maximum Gasteiger partial charge on any atom is 0.316 e. The van der Waals surface area contributed by atoms with E-state index in [1.54, 1.807) is 18.2 Å². The summed E-state index contributed by atoms with van der Waals surface area (Å²) in [5.41, 5.74) is 0.399. The van der Waals surface area contributed by atoms with Gasteiger partial charge in [-0.2, -0.15) is 4.98 Å². The summed E-state index contributed by atoms with van der Waals surface area (Å²) in [6.45, 7) is 0.236. The second kappa shape index (κ2) is 9.16. The van der Waals surface area contributed by atoms with Gasteiger partial charge in [0.1, 0.15) is 11.6 Å². The highest BCUT2D eigenvalue weighted by molar-refractivity contribution is 6.31. The van der Waals surface area contributed by atoms with E-state index >= 15 is 0 Å². The van der Waals surface area contributed by atoms with Gasteiger partial charge in [0, 0.05) is 18.1 Å². The summed E-state index contributed by atoms with van der Waals surface area (Å²) in [5.74, 6) is -1.55. The van der Waals surface area contributed by atoms with Crippen molar-refractivity contribution in [1.29, 1.82) is 0 Å². The summed E-state index contributed by atoms with van der Waals surface area (Å²) in [4.78, 5) is 28.2. The fourth-order valence-corrected chi connectivity index (χ4v) is 2.62. The van der Waals surface area contributed by atoms with E-state index in [0.29, 0.717) is 10.8 Å². The normalized spacial score (nSPS) is 10.4. The van der Waals surface area contributed by atoms with Gasteiger partial charge in [-0.15, -0.1) is 0 Å². The largest absolute Gasteiger partial charge is 0.496 e. The molecule has 29 heavy (non-hydrogen) atoms. The van der Waals surface area contributed by atoms with Gasteiger partial charge in [-0.3, -0.25) is 9.59 Å². The van der Waals surface area contributed by atoms with Crippen LogP contribution in [0.5, 0.6) is 5.75 Å². The summed E-state index contributed by atoms with van der Waals surface area (Å²) in [7, 11) is 1.44. The highest BCUT2D eigenvalue weighted by Gasteiger charge is 2.18. The first-order chi connectivity index (χ1) is 14.0. The van der Waals surface area contributed by atoms with Crippen molar-refractivity contribution < 1.29 is 23.2 Å². The quantitative estimate of drug-likeness (QED) is 0.571. The van der Waals surface area contributed by atoms with Crippen LogP contribution in [0.1, 0.15) is 21.0 Å². The second-order valence-corrected chi connectivity index (χ2v) is 6.20. The third-order valence-electron chi connectivity index (χ3n) is 3.84. The van der Waals surface area contributed by atoms with E-state index in [1.165, 1.54) is 31.4 Å². The Hall–Kier alpha value is -3.46. The number of carbonyl (C=O) groups excluding carboxylic acids is 2. The fourth-order valence-electron chi connectivity index (χ4n) is 2.45. The molecular formula is C19H16ClFN4O4. The van der Waals surface area contributed by atoms with Gasteiger partial charge in [0.2, 0.25) is 5.82 Å². The molecule has 1 aromatic heterocycles. The lowest BCUT2D eigenvalue weighted by Crippen LogP contribution is -2.35.